The SMILES string of the molecule is FC(F)(F)CN1CCCCC(NCc2ccccc2)C1. The van der Waals surface area contributed by atoms with Crippen LogP contribution in [0.3, 0.4) is 0 Å². The van der Waals surface area contributed by atoms with Crippen molar-refractivity contribution in [2.24, 2.45) is 0 Å². The van der Waals surface area contributed by atoms with E-state index in [9.17, 15) is 13.2 Å². The number of nitrogens with one attached hydrogen (secondary N) is 1. The van der Waals surface area contributed by atoms with Crippen LogP contribution in [-0.2, 0) is 6.54 Å². The average molecular weight is 286 g/mol. The highest BCUT2D eigenvalue weighted by Crippen LogP contribution is 2.19. The van der Waals surface area contributed by atoms with Crippen LogP contribution in [-0.4, -0.2) is 36.8 Å². The second kappa shape index (κ2) is 7.09. The molecule has 20 heavy (non-hydrogen) atoms. The minimum absolute atomic E-state index is 0.139. The van der Waals surface area contributed by atoms with Crippen molar-refractivity contribution in [1.29, 1.82) is 0 Å². The highest BCUT2D eigenvalue weighted by molar-refractivity contribution is 5.14. The predicted molar refractivity (Wildman–Crippen MR) is 73.4 cm³/mol. The van der Waals surface area contributed by atoms with Gasteiger partial charge in [0.25, 0.3) is 0 Å². The zero-order valence-electron chi connectivity index (χ0n) is 11.5. The molecule has 1 aliphatic rings. The Kier molecular flexibility index (Phi) is 5.43. The molecule has 0 aliphatic carbocycles. The van der Waals surface area contributed by atoms with Crippen LogP contribution in [0.1, 0.15) is 24.8 Å². The van der Waals surface area contributed by atoms with Crippen LogP contribution in [0, 0.1) is 0 Å². The predicted octanol–water partition coefficient (Wildman–Crippen LogP) is 3.19. The fraction of sp³-hybridized carbons (Fsp3) is 0.600. The maximum absolute atomic E-state index is 12.5. The van der Waals surface area contributed by atoms with Crippen LogP contribution < -0.4 is 5.32 Å². The van der Waals surface area contributed by atoms with Gasteiger partial charge in [0, 0.05) is 19.1 Å². The summed E-state index contributed by atoms with van der Waals surface area (Å²) in [6.07, 6.45) is -1.32. The van der Waals surface area contributed by atoms with E-state index in [2.05, 4.69) is 5.32 Å². The maximum Gasteiger partial charge on any atom is 0.401 e. The lowest BCUT2D eigenvalue weighted by molar-refractivity contribution is -0.146. The van der Waals surface area contributed by atoms with E-state index in [0.29, 0.717) is 19.6 Å². The number of hydrogen-bond acceptors (Lipinski definition) is 2. The first-order valence-corrected chi connectivity index (χ1v) is 7.09. The molecule has 1 heterocycles. The molecule has 2 rings (SSSR count). The first-order chi connectivity index (χ1) is 9.53. The minimum Gasteiger partial charge on any atom is -0.309 e. The monoisotopic (exact) mass is 286 g/mol. The molecule has 0 amide bonds. The first kappa shape index (κ1) is 15.3. The lowest BCUT2D eigenvalue weighted by atomic mass is 10.1. The Bertz CT molecular complexity index is 392. The molecule has 0 bridgehead atoms. The van der Waals surface area contributed by atoms with Crippen LogP contribution in [0.2, 0.25) is 0 Å². The molecule has 0 aromatic heterocycles. The first-order valence-electron chi connectivity index (χ1n) is 7.09. The van der Waals surface area contributed by atoms with Crippen LogP contribution in [0.25, 0.3) is 0 Å². The molecule has 1 N–H and O–H groups in total. The summed E-state index contributed by atoms with van der Waals surface area (Å²) in [5.41, 5.74) is 1.17. The van der Waals surface area contributed by atoms with Crippen molar-refractivity contribution >= 4 is 0 Å². The summed E-state index contributed by atoms with van der Waals surface area (Å²) in [6.45, 7) is 0.942. The Morgan fingerprint density at radius 2 is 1.90 bits per heavy atom. The van der Waals surface area contributed by atoms with Gasteiger partial charge in [0.05, 0.1) is 6.54 Å². The molecule has 1 aromatic carbocycles. The van der Waals surface area contributed by atoms with E-state index in [1.807, 2.05) is 30.3 Å². The molecule has 1 aliphatic heterocycles. The van der Waals surface area contributed by atoms with Gasteiger partial charge in [-0.3, -0.25) is 4.90 Å². The number of halogens is 3. The fourth-order valence-electron chi connectivity index (χ4n) is 2.64. The Balaban J connectivity index is 1.84. The Morgan fingerprint density at radius 3 is 2.60 bits per heavy atom. The summed E-state index contributed by atoms with van der Waals surface area (Å²) in [6, 6.07) is 10.1. The molecule has 1 atom stereocenters. The summed E-state index contributed by atoms with van der Waals surface area (Å²) >= 11 is 0. The van der Waals surface area contributed by atoms with Crippen molar-refractivity contribution in [3.63, 3.8) is 0 Å². The fourth-order valence-corrected chi connectivity index (χ4v) is 2.64. The molecule has 0 radical (unpaired) electrons. The van der Waals surface area contributed by atoms with Gasteiger partial charge in [-0.05, 0) is 24.9 Å². The van der Waals surface area contributed by atoms with E-state index in [0.717, 1.165) is 19.3 Å². The smallest absolute Gasteiger partial charge is 0.309 e. The molecule has 1 saturated heterocycles. The lowest BCUT2D eigenvalue weighted by Crippen LogP contribution is -2.43. The molecular formula is C15H21F3N2. The van der Waals surface area contributed by atoms with Gasteiger partial charge in [0.15, 0.2) is 0 Å². The second-order valence-corrected chi connectivity index (χ2v) is 5.41. The van der Waals surface area contributed by atoms with E-state index in [1.54, 1.807) is 0 Å². The standard InChI is InChI=1S/C15H21F3N2/c16-15(17,18)12-20-9-5-4-8-14(11-20)19-10-13-6-2-1-3-7-13/h1-3,6-7,14,19H,4-5,8-12H2. The lowest BCUT2D eigenvalue weighted by Gasteiger charge is -2.25. The van der Waals surface area contributed by atoms with Crippen molar-refractivity contribution in [2.75, 3.05) is 19.6 Å². The normalized spacial score (nSPS) is 21.6. The zero-order valence-corrected chi connectivity index (χ0v) is 11.5. The Hall–Kier alpha value is -1.07. The molecule has 0 saturated carbocycles. The molecule has 1 unspecified atom stereocenters. The zero-order chi connectivity index (χ0) is 14.4. The molecule has 1 aromatic rings. The van der Waals surface area contributed by atoms with Gasteiger partial charge in [0.1, 0.15) is 0 Å². The average Bonchev–Trinajstić information content (AvgIpc) is 2.61. The van der Waals surface area contributed by atoms with Gasteiger partial charge in [0.2, 0.25) is 0 Å². The number of nitrogens with zero attached hydrogens (tertiary/aromatic N) is 1. The number of benzene rings is 1. The highest BCUT2D eigenvalue weighted by atomic mass is 19.4. The van der Waals surface area contributed by atoms with Gasteiger partial charge in [-0.15, -0.1) is 0 Å². The van der Waals surface area contributed by atoms with Gasteiger partial charge >= 0.3 is 6.18 Å². The molecule has 2 nitrogen and oxygen atoms in total. The molecule has 0 spiro atoms. The number of likely N-dealkylation sites (tertiary alicyclic amines) is 1. The Morgan fingerprint density at radius 1 is 1.15 bits per heavy atom. The van der Waals surface area contributed by atoms with E-state index >= 15 is 0 Å². The van der Waals surface area contributed by atoms with Crippen LogP contribution in [0.5, 0.6) is 0 Å². The van der Waals surface area contributed by atoms with E-state index < -0.39 is 12.7 Å². The third-order valence-electron chi connectivity index (χ3n) is 3.60. The molecule has 1 fully saturated rings. The summed E-state index contributed by atoms with van der Waals surface area (Å²) in [5.74, 6) is 0. The van der Waals surface area contributed by atoms with E-state index in [4.69, 9.17) is 0 Å². The summed E-state index contributed by atoms with van der Waals surface area (Å²) in [5, 5.41) is 3.38. The molecule has 112 valence electrons. The summed E-state index contributed by atoms with van der Waals surface area (Å²) < 4.78 is 37.5. The Labute approximate surface area is 118 Å². The summed E-state index contributed by atoms with van der Waals surface area (Å²) in [7, 11) is 0. The number of hydrogen-bond donors (Lipinski definition) is 1. The topological polar surface area (TPSA) is 15.3 Å². The van der Waals surface area contributed by atoms with Gasteiger partial charge in [-0.25, -0.2) is 0 Å². The highest BCUT2D eigenvalue weighted by Gasteiger charge is 2.32. The quantitative estimate of drug-likeness (QED) is 0.914. The van der Waals surface area contributed by atoms with E-state index in [-0.39, 0.29) is 6.04 Å². The van der Waals surface area contributed by atoms with Gasteiger partial charge in [-0.2, -0.15) is 13.2 Å². The maximum atomic E-state index is 12.5. The van der Waals surface area contributed by atoms with Gasteiger partial charge in [-0.1, -0.05) is 36.8 Å². The van der Waals surface area contributed by atoms with Gasteiger partial charge < -0.3 is 5.32 Å². The van der Waals surface area contributed by atoms with Crippen LogP contribution in [0.4, 0.5) is 13.2 Å². The van der Waals surface area contributed by atoms with Crippen molar-refractivity contribution in [1.82, 2.24) is 10.2 Å². The third-order valence-corrected chi connectivity index (χ3v) is 3.60. The summed E-state index contributed by atoms with van der Waals surface area (Å²) in [4.78, 5) is 1.52. The largest absolute Gasteiger partial charge is 0.401 e. The van der Waals surface area contributed by atoms with Crippen LogP contribution >= 0.6 is 0 Å². The third kappa shape index (κ3) is 5.51. The molecular weight excluding hydrogens is 265 g/mol. The second-order valence-electron chi connectivity index (χ2n) is 5.41. The minimum atomic E-state index is -4.10. The van der Waals surface area contributed by atoms with Crippen molar-refractivity contribution in [3.8, 4) is 0 Å². The molecule has 5 heteroatoms. The van der Waals surface area contributed by atoms with Crippen molar-refractivity contribution in [3.05, 3.63) is 35.9 Å². The van der Waals surface area contributed by atoms with E-state index in [1.165, 1.54) is 10.5 Å². The van der Waals surface area contributed by atoms with Crippen molar-refractivity contribution in [2.45, 2.75) is 38.0 Å². The number of rotatable bonds is 4. The van der Waals surface area contributed by atoms with Crippen LogP contribution in [0.15, 0.2) is 30.3 Å². The van der Waals surface area contributed by atoms with Crippen molar-refractivity contribution < 1.29 is 13.2 Å². The number of alkyl halides is 3.